The van der Waals surface area contributed by atoms with E-state index in [-0.39, 0.29) is 12.0 Å². The molecule has 8 heteroatoms. The normalized spacial score (nSPS) is 16.5. The van der Waals surface area contributed by atoms with Gasteiger partial charge in [0.05, 0.1) is 16.6 Å². The standard InChI is InChI=1S/C25H29N5O3/c1-25(2,3)33-24(32)29-15-13-28(14-16-29)18-9-7-17(8-10-18)22-27-20-6-4-5-19-21(20)30(22)12-11-26-23(19)31/h4-10H,11-16H2,1-3H3,(H,26,31). The van der Waals surface area contributed by atoms with E-state index in [1.807, 2.05) is 39.0 Å². The summed E-state index contributed by atoms with van der Waals surface area (Å²) in [6.07, 6.45) is -0.249. The number of carbonyl (C=O) groups is 2. The minimum Gasteiger partial charge on any atom is -0.444 e. The van der Waals surface area contributed by atoms with E-state index >= 15 is 0 Å². The smallest absolute Gasteiger partial charge is 0.410 e. The summed E-state index contributed by atoms with van der Waals surface area (Å²) < 4.78 is 7.63. The van der Waals surface area contributed by atoms with Gasteiger partial charge < -0.3 is 24.4 Å². The molecule has 0 radical (unpaired) electrons. The summed E-state index contributed by atoms with van der Waals surface area (Å²) in [4.78, 5) is 33.6. The number of rotatable bonds is 2. The predicted molar refractivity (Wildman–Crippen MR) is 128 cm³/mol. The molecule has 8 nitrogen and oxygen atoms in total. The van der Waals surface area contributed by atoms with Crippen LogP contribution in [-0.4, -0.2) is 64.8 Å². The number of benzene rings is 2. The van der Waals surface area contributed by atoms with Crippen molar-refractivity contribution < 1.29 is 14.3 Å². The van der Waals surface area contributed by atoms with Crippen LogP contribution < -0.4 is 10.2 Å². The number of nitrogens with zero attached hydrogens (tertiary/aromatic N) is 4. The molecule has 0 aliphatic carbocycles. The Balaban J connectivity index is 1.34. The highest BCUT2D eigenvalue weighted by Crippen LogP contribution is 2.30. The van der Waals surface area contributed by atoms with Crippen LogP contribution in [0.2, 0.25) is 0 Å². The van der Waals surface area contributed by atoms with Gasteiger partial charge in [-0.2, -0.15) is 0 Å². The second kappa shape index (κ2) is 8.10. The number of imidazole rings is 1. The Labute approximate surface area is 193 Å². The van der Waals surface area contributed by atoms with Crippen LogP contribution in [0.1, 0.15) is 31.1 Å². The SMILES string of the molecule is CC(C)(C)OC(=O)N1CCN(c2ccc(-c3nc4cccc5c4n3CCNC5=O)cc2)CC1. The highest BCUT2D eigenvalue weighted by Gasteiger charge is 2.26. The minimum atomic E-state index is -0.482. The van der Waals surface area contributed by atoms with Crippen LogP contribution in [0.25, 0.3) is 22.4 Å². The molecule has 2 amide bonds. The zero-order valence-electron chi connectivity index (χ0n) is 19.3. The van der Waals surface area contributed by atoms with Gasteiger partial charge in [-0.15, -0.1) is 0 Å². The number of para-hydroxylation sites is 1. The number of piperazine rings is 1. The molecular weight excluding hydrogens is 418 g/mol. The molecule has 2 aliphatic heterocycles. The monoisotopic (exact) mass is 447 g/mol. The third kappa shape index (κ3) is 4.13. The summed E-state index contributed by atoms with van der Waals surface area (Å²) in [7, 11) is 0. The third-order valence-corrected chi connectivity index (χ3v) is 6.05. The van der Waals surface area contributed by atoms with Crippen molar-refractivity contribution in [2.75, 3.05) is 37.6 Å². The Morgan fingerprint density at radius 3 is 2.42 bits per heavy atom. The van der Waals surface area contributed by atoms with E-state index in [2.05, 4.69) is 39.0 Å². The molecule has 0 unspecified atom stereocenters. The van der Waals surface area contributed by atoms with Crippen LogP contribution in [0.3, 0.4) is 0 Å². The summed E-state index contributed by atoms with van der Waals surface area (Å²) in [5.74, 6) is 0.821. The second-order valence-corrected chi connectivity index (χ2v) is 9.52. The van der Waals surface area contributed by atoms with Crippen molar-refractivity contribution in [3.05, 3.63) is 48.0 Å². The second-order valence-electron chi connectivity index (χ2n) is 9.52. The van der Waals surface area contributed by atoms with Crippen molar-refractivity contribution in [3.63, 3.8) is 0 Å². The molecule has 2 aliphatic rings. The topological polar surface area (TPSA) is 79.7 Å². The van der Waals surface area contributed by atoms with Crippen molar-refractivity contribution in [1.29, 1.82) is 0 Å². The fourth-order valence-electron chi connectivity index (χ4n) is 4.48. The maximum atomic E-state index is 12.4. The van der Waals surface area contributed by atoms with Gasteiger partial charge >= 0.3 is 6.09 Å². The fraction of sp³-hybridized carbons (Fsp3) is 0.400. The number of aromatic nitrogens is 2. The van der Waals surface area contributed by atoms with E-state index in [1.54, 1.807) is 4.90 Å². The molecule has 1 fully saturated rings. The lowest BCUT2D eigenvalue weighted by Gasteiger charge is -2.36. The Morgan fingerprint density at radius 1 is 1.00 bits per heavy atom. The van der Waals surface area contributed by atoms with Crippen LogP contribution in [0, 0.1) is 0 Å². The van der Waals surface area contributed by atoms with Gasteiger partial charge in [-0.1, -0.05) is 6.07 Å². The molecule has 3 aromatic rings. The lowest BCUT2D eigenvalue weighted by molar-refractivity contribution is 0.0240. The highest BCUT2D eigenvalue weighted by molar-refractivity contribution is 6.06. The van der Waals surface area contributed by atoms with Gasteiger partial charge in [-0.25, -0.2) is 9.78 Å². The molecule has 0 saturated carbocycles. The average molecular weight is 448 g/mol. The first-order valence-electron chi connectivity index (χ1n) is 11.4. The summed E-state index contributed by atoms with van der Waals surface area (Å²) in [6.45, 7) is 9.70. The Bertz CT molecular complexity index is 1200. The maximum Gasteiger partial charge on any atom is 0.410 e. The number of amides is 2. The number of hydrogen-bond donors (Lipinski definition) is 1. The molecular formula is C25H29N5O3. The lowest BCUT2D eigenvalue weighted by atomic mass is 10.1. The summed E-state index contributed by atoms with van der Waals surface area (Å²) in [6, 6.07) is 14.1. The van der Waals surface area contributed by atoms with Crippen LogP contribution in [0.5, 0.6) is 0 Å². The number of anilines is 1. The largest absolute Gasteiger partial charge is 0.444 e. The van der Waals surface area contributed by atoms with Crippen molar-refractivity contribution in [3.8, 4) is 11.4 Å². The molecule has 0 atom stereocenters. The number of hydrogen-bond acceptors (Lipinski definition) is 5. The van der Waals surface area contributed by atoms with E-state index < -0.39 is 5.60 Å². The van der Waals surface area contributed by atoms with Gasteiger partial charge in [0.2, 0.25) is 0 Å². The van der Waals surface area contributed by atoms with Gasteiger partial charge in [0.15, 0.2) is 0 Å². The average Bonchev–Trinajstić information content (AvgIpc) is 3.07. The highest BCUT2D eigenvalue weighted by atomic mass is 16.6. The molecule has 1 aromatic heterocycles. The number of ether oxygens (including phenoxy) is 1. The molecule has 5 rings (SSSR count). The molecule has 1 N–H and O–H groups in total. The van der Waals surface area contributed by atoms with Crippen molar-refractivity contribution in [2.45, 2.75) is 32.9 Å². The zero-order chi connectivity index (χ0) is 23.2. The van der Waals surface area contributed by atoms with Crippen molar-refractivity contribution in [1.82, 2.24) is 19.8 Å². The Morgan fingerprint density at radius 2 is 1.73 bits per heavy atom. The minimum absolute atomic E-state index is 0.0494. The van der Waals surface area contributed by atoms with E-state index in [0.717, 1.165) is 41.2 Å². The van der Waals surface area contributed by atoms with Gasteiger partial charge in [-0.3, -0.25) is 4.79 Å². The Hall–Kier alpha value is -3.55. The summed E-state index contributed by atoms with van der Waals surface area (Å²) in [5.41, 5.74) is 4.05. The van der Waals surface area contributed by atoms with Crippen molar-refractivity contribution in [2.24, 2.45) is 0 Å². The molecule has 0 bridgehead atoms. The fourth-order valence-corrected chi connectivity index (χ4v) is 4.48. The van der Waals surface area contributed by atoms with Crippen LogP contribution in [-0.2, 0) is 11.3 Å². The molecule has 2 aromatic carbocycles. The van der Waals surface area contributed by atoms with E-state index in [0.29, 0.717) is 31.7 Å². The molecule has 3 heterocycles. The van der Waals surface area contributed by atoms with Crippen LogP contribution in [0.4, 0.5) is 10.5 Å². The summed E-state index contributed by atoms with van der Waals surface area (Å²) in [5, 5.41) is 2.96. The molecule has 1 saturated heterocycles. The van der Waals surface area contributed by atoms with Gasteiger partial charge in [0.1, 0.15) is 11.4 Å². The first-order valence-corrected chi connectivity index (χ1v) is 11.4. The lowest BCUT2D eigenvalue weighted by Crippen LogP contribution is -2.50. The quantitative estimate of drug-likeness (QED) is 0.650. The number of nitrogens with one attached hydrogen (secondary N) is 1. The number of carbonyl (C=O) groups excluding carboxylic acids is 2. The van der Waals surface area contributed by atoms with E-state index in [4.69, 9.17) is 9.72 Å². The van der Waals surface area contributed by atoms with Crippen molar-refractivity contribution >= 4 is 28.7 Å². The zero-order valence-corrected chi connectivity index (χ0v) is 19.3. The third-order valence-electron chi connectivity index (χ3n) is 6.05. The Kier molecular flexibility index (Phi) is 5.23. The van der Waals surface area contributed by atoms with E-state index in [9.17, 15) is 9.59 Å². The van der Waals surface area contributed by atoms with Gasteiger partial charge in [0, 0.05) is 50.5 Å². The molecule has 33 heavy (non-hydrogen) atoms. The van der Waals surface area contributed by atoms with Crippen LogP contribution >= 0.6 is 0 Å². The van der Waals surface area contributed by atoms with Crippen LogP contribution in [0.15, 0.2) is 42.5 Å². The van der Waals surface area contributed by atoms with Gasteiger partial charge in [0.25, 0.3) is 5.91 Å². The first-order chi connectivity index (χ1) is 15.8. The molecule has 0 spiro atoms. The first kappa shape index (κ1) is 21.3. The molecule has 172 valence electrons. The summed E-state index contributed by atoms with van der Waals surface area (Å²) >= 11 is 0. The predicted octanol–water partition coefficient (Wildman–Crippen LogP) is 3.50. The van der Waals surface area contributed by atoms with E-state index in [1.165, 1.54) is 0 Å². The van der Waals surface area contributed by atoms with Gasteiger partial charge in [-0.05, 0) is 57.2 Å². The maximum absolute atomic E-state index is 12.4.